The first-order valence-corrected chi connectivity index (χ1v) is 12.7. The van der Waals surface area contributed by atoms with Crippen LogP contribution in [-0.4, -0.2) is 51.3 Å². The SMILES string of the molecule is O=C(NCCN1CCCCCC1=O)c1cccc(S(=O)(=O)N2CCCc3ccccc32)c1. The van der Waals surface area contributed by atoms with Crippen LogP contribution >= 0.6 is 0 Å². The minimum absolute atomic E-state index is 0.101. The summed E-state index contributed by atoms with van der Waals surface area (Å²) in [7, 11) is -3.78. The number of benzene rings is 2. The highest BCUT2D eigenvalue weighted by molar-refractivity contribution is 7.92. The minimum Gasteiger partial charge on any atom is -0.350 e. The number of carbonyl (C=O) groups is 2. The van der Waals surface area contributed by atoms with Gasteiger partial charge < -0.3 is 10.2 Å². The van der Waals surface area contributed by atoms with Gasteiger partial charge in [0.05, 0.1) is 10.6 Å². The molecule has 2 heterocycles. The Labute approximate surface area is 189 Å². The van der Waals surface area contributed by atoms with E-state index >= 15 is 0 Å². The normalized spacial score (nSPS) is 16.9. The standard InChI is InChI=1S/C24H29N3O4S/c28-23-13-2-1-5-15-26(23)17-14-25-24(29)20-9-6-11-21(18-20)32(30,31)27-16-7-10-19-8-3-4-12-22(19)27/h3-4,6,8-9,11-12,18H,1-2,5,7,10,13-17H2,(H,25,29). The predicted molar refractivity (Wildman–Crippen MR) is 123 cm³/mol. The Bertz CT molecular complexity index is 1100. The molecule has 1 fully saturated rings. The van der Waals surface area contributed by atoms with Crippen LogP contribution in [0, 0.1) is 0 Å². The Morgan fingerprint density at radius 1 is 0.938 bits per heavy atom. The Balaban J connectivity index is 1.45. The van der Waals surface area contributed by atoms with E-state index < -0.39 is 10.0 Å². The lowest BCUT2D eigenvalue weighted by molar-refractivity contribution is -0.130. The monoisotopic (exact) mass is 455 g/mol. The molecule has 0 aliphatic carbocycles. The van der Waals surface area contributed by atoms with Gasteiger partial charge in [0.25, 0.3) is 15.9 Å². The Kier molecular flexibility index (Phi) is 6.79. The third-order valence-electron chi connectivity index (χ3n) is 6.09. The molecule has 170 valence electrons. The number of likely N-dealkylation sites (tertiary alicyclic amines) is 1. The molecular formula is C24H29N3O4S. The van der Waals surface area contributed by atoms with Gasteiger partial charge in [0.15, 0.2) is 0 Å². The van der Waals surface area contributed by atoms with E-state index in [2.05, 4.69) is 5.32 Å². The molecule has 0 aromatic heterocycles. The summed E-state index contributed by atoms with van der Waals surface area (Å²) in [4.78, 5) is 26.7. The molecule has 8 heteroatoms. The van der Waals surface area contributed by atoms with Crippen LogP contribution in [0.15, 0.2) is 53.4 Å². The summed E-state index contributed by atoms with van der Waals surface area (Å²) in [5.41, 5.74) is 2.01. The molecule has 7 nitrogen and oxygen atoms in total. The third-order valence-corrected chi connectivity index (χ3v) is 7.90. The van der Waals surface area contributed by atoms with Crippen molar-refractivity contribution >= 4 is 27.5 Å². The van der Waals surface area contributed by atoms with E-state index in [0.717, 1.165) is 44.2 Å². The molecule has 0 atom stereocenters. The first kappa shape index (κ1) is 22.3. The molecular weight excluding hydrogens is 426 g/mol. The third kappa shape index (κ3) is 4.80. The van der Waals surface area contributed by atoms with Crippen LogP contribution in [0.4, 0.5) is 5.69 Å². The van der Waals surface area contributed by atoms with Crippen LogP contribution in [0.25, 0.3) is 0 Å². The molecule has 2 aromatic carbocycles. The molecule has 2 amide bonds. The van der Waals surface area contributed by atoms with E-state index in [1.54, 1.807) is 17.0 Å². The maximum absolute atomic E-state index is 13.4. The quantitative estimate of drug-likeness (QED) is 0.726. The smallest absolute Gasteiger partial charge is 0.264 e. The van der Waals surface area contributed by atoms with Crippen LogP contribution in [0.3, 0.4) is 0 Å². The van der Waals surface area contributed by atoms with Gasteiger partial charge >= 0.3 is 0 Å². The molecule has 2 aliphatic heterocycles. The fraction of sp³-hybridized carbons (Fsp3) is 0.417. The second-order valence-electron chi connectivity index (χ2n) is 8.28. The zero-order chi connectivity index (χ0) is 22.6. The Morgan fingerprint density at radius 3 is 2.66 bits per heavy atom. The van der Waals surface area contributed by atoms with Gasteiger partial charge in [0, 0.05) is 38.2 Å². The molecule has 0 saturated carbocycles. The number of hydrogen-bond acceptors (Lipinski definition) is 4. The Morgan fingerprint density at radius 2 is 1.78 bits per heavy atom. The summed E-state index contributed by atoms with van der Waals surface area (Å²) >= 11 is 0. The average Bonchev–Trinajstić information content (AvgIpc) is 3.02. The second-order valence-corrected chi connectivity index (χ2v) is 10.1. The van der Waals surface area contributed by atoms with Crippen molar-refractivity contribution in [3.05, 3.63) is 59.7 Å². The first-order chi connectivity index (χ1) is 15.5. The highest BCUT2D eigenvalue weighted by atomic mass is 32.2. The summed E-state index contributed by atoms with van der Waals surface area (Å²) in [6.45, 7) is 1.94. The maximum atomic E-state index is 13.4. The van der Waals surface area contributed by atoms with Gasteiger partial charge in [-0.1, -0.05) is 30.7 Å². The van der Waals surface area contributed by atoms with Crippen molar-refractivity contribution in [1.29, 1.82) is 0 Å². The van der Waals surface area contributed by atoms with Gasteiger partial charge in [-0.05, 0) is 55.5 Å². The number of para-hydroxylation sites is 1. The second kappa shape index (κ2) is 9.73. The molecule has 0 radical (unpaired) electrons. The summed E-state index contributed by atoms with van der Waals surface area (Å²) in [6.07, 6.45) is 5.13. The predicted octanol–water partition coefficient (Wildman–Crippen LogP) is 2.96. The molecule has 0 bridgehead atoms. The zero-order valence-electron chi connectivity index (χ0n) is 18.1. The van der Waals surface area contributed by atoms with Crippen molar-refractivity contribution in [2.24, 2.45) is 0 Å². The van der Waals surface area contributed by atoms with Gasteiger partial charge in [-0.3, -0.25) is 13.9 Å². The number of carbonyl (C=O) groups excluding carboxylic acids is 2. The lowest BCUT2D eigenvalue weighted by Gasteiger charge is -2.30. The van der Waals surface area contributed by atoms with Crippen LogP contribution in [-0.2, 0) is 21.2 Å². The van der Waals surface area contributed by atoms with Crippen molar-refractivity contribution in [3.8, 4) is 0 Å². The van der Waals surface area contributed by atoms with Crippen LogP contribution < -0.4 is 9.62 Å². The van der Waals surface area contributed by atoms with Gasteiger partial charge in [-0.2, -0.15) is 0 Å². The van der Waals surface area contributed by atoms with E-state index in [4.69, 9.17) is 0 Å². The van der Waals surface area contributed by atoms with E-state index in [9.17, 15) is 18.0 Å². The molecule has 2 aromatic rings. The number of anilines is 1. The van der Waals surface area contributed by atoms with Gasteiger partial charge in [-0.15, -0.1) is 0 Å². The van der Waals surface area contributed by atoms with Crippen LogP contribution in [0.5, 0.6) is 0 Å². The van der Waals surface area contributed by atoms with Gasteiger partial charge in [-0.25, -0.2) is 8.42 Å². The van der Waals surface area contributed by atoms with Crippen LogP contribution in [0.2, 0.25) is 0 Å². The number of fused-ring (bicyclic) bond motifs is 1. The van der Waals surface area contributed by atoms with Gasteiger partial charge in [0.1, 0.15) is 0 Å². The van der Waals surface area contributed by atoms with E-state index in [0.29, 0.717) is 37.3 Å². The summed E-state index contributed by atoms with van der Waals surface area (Å²) in [5.74, 6) is -0.213. The average molecular weight is 456 g/mol. The van der Waals surface area contributed by atoms with E-state index in [-0.39, 0.29) is 16.7 Å². The highest BCUT2D eigenvalue weighted by Crippen LogP contribution is 2.31. The summed E-state index contributed by atoms with van der Waals surface area (Å²) < 4.78 is 28.2. The molecule has 4 rings (SSSR count). The number of nitrogens with zero attached hydrogens (tertiary/aromatic N) is 2. The number of nitrogens with one attached hydrogen (secondary N) is 1. The fourth-order valence-electron chi connectivity index (χ4n) is 4.36. The fourth-order valence-corrected chi connectivity index (χ4v) is 5.94. The lowest BCUT2D eigenvalue weighted by Crippen LogP contribution is -2.38. The number of amides is 2. The van der Waals surface area contributed by atoms with Crippen molar-refractivity contribution < 1.29 is 18.0 Å². The maximum Gasteiger partial charge on any atom is 0.264 e. The molecule has 1 N–H and O–H groups in total. The number of rotatable bonds is 6. The highest BCUT2D eigenvalue weighted by Gasteiger charge is 2.29. The number of hydrogen-bond donors (Lipinski definition) is 1. The van der Waals surface area contributed by atoms with Crippen LogP contribution in [0.1, 0.15) is 48.0 Å². The zero-order valence-corrected chi connectivity index (χ0v) is 18.9. The van der Waals surface area contributed by atoms with E-state index in [1.165, 1.54) is 16.4 Å². The number of aryl methyl sites for hydroxylation is 1. The molecule has 1 saturated heterocycles. The van der Waals surface area contributed by atoms with Crippen molar-refractivity contribution in [2.75, 3.05) is 30.5 Å². The molecule has 0 spiro atoms. The topological polar surface area (TPSA) is 86.8 Å². The number of sulfonamides is 1. The lowest BCUT2D eigenvalue weighted by atomic mass is 10.0. The molecule has 32 heavy (non-hydrogen) atoms. The van der Waals surface area contributed by atoms with E-state index in [1.807, 2.05) is 24.3 Å². The minimum atomic E-state index is -3.78. The largest absolute Gasteiger partial charge is 0.350 e. The summed E-state index contributed by atoms with van der Waals surface area (Å²) in [5, 5.41) is 2.82. The summed E-state index contributed by atoms with van der Waals surface area (Å²) in [6, 6.07) is 13.7. The molecule has 0 unspecified atom stereocenters. The van der Waals surface area contributed by atoms with Crippen molar-refractivity contribution in [2.45, 2.75) is 43.4 Å². The first-order valence-electron chi connectivity index (χ1n) is 11.2. The van der Waals surface area contributed by atoms with Crippen molar-refractivity contribution in [1.82, 2.24) is 10.2 Å². The van der Waals surface area contributed by atoms with Gasteiger partial charge in [0.2, 0.25) is 5.91 Å². The molecule has 2 aliphatic rings. The van der Waals surface area contributed by atoms with Crippen molar-refractivity contribution in [3.63, 3.8) is 0 Å². The Hall–Kier alpha value is -2.87.